The molecule has 0 aromatic carbocycles. The number of nitrogens with zero attached hydrogens (tertiary/aromatic N) is 2. The number of nitrogen functional groups attached to an aromatic ring is 1. The molecule has 1 aromatic rings. The molecule has 0 fully saturated rings. The molecular formula is C10H20IN3OSi. The van der Waals surface area contributed by atoms with Gasteiger partial charge in [-0.25, -0.2) is 4.68 Å². The van der Waals surface area contributed by atoms with Crippen LogP contribution in [0.1, 0.15) is 5.69 Å². The first kappa shape index (κ1) is 14.0. The third-order valence-corrected chi connectivity index (χ3v) is 5.41. The number of anilines is 1. The summed E-state index contributed by atoms with van der Waals surface area (Å²) in [4.78, 5) is 0. The van der Waals surface area contributed by atoms with Gasteiger partial charge in [-0.3, -0.25) is 0 Å². The molecule has 0 radical (unpaired) electrons. The predicted molar refractivity (Wildman–Crippen MR) is 78.2 cm³/mol. The van der Waals surface area contributed by atoms with E-state index in [1.54, 1.807) is 0 Å². The minimum atomic E-state index is -0.996. The van der Waals surface area contributed by atoms with Crippen molar-refractivity contribution in [1.29, 1.82) is 0 Å². The van der Waals surface area contributed by atoms with Gasteiger partial charge in [-0.1, -0.05) is 19.6 Å². The van der Waals surface area contributed by atoms with E-state index >= 15 is 0 Å². The van der Waals surface area contributed by atoms with Crippen molar-refractivity contribution in [1.82, 2.24) is 9.78 Å². The average molecular weight is 353 g/mol. The molecule has 0 aliphatic heterocycles. The second-order valence-corrected chi connectivity index (χ2v) is 11.8. The highest BCUT2D eigenvalue weighted by atomic mass is 127. The zero-order valence-corrected chi connectivity index (χ0v) is 13.5. The first-order valence-corrected chi connectivity index (χ1v) is 10.2. The molecule has 0 amide bonds. The molecule has 0 bridgehead atoms. The van der Waals surface area contributed by atoms with Gasteiger partial charge in [0.1, 0.15) is 6.73 Å². The number of rotatable bonds is 5. The largest absolute Gasteiger partial charge is 0.381 e. The number of aromatic nitrogens is 2. The standard InChI is InChI=1S/C10H20IN3OSi/c1-8-9(11)10(12)13-14(8)7-15-5-6-16(2,3)4/h5-7H2,1-4H3,(H2,12,13). The van der Waals surface area contributed by atoms with Gasteiger partial charge in [-0.2, -0.15) is 5.10 Å². The molecule has 4 nitrogen and oxygen atoms in total. The SMILES string of the molecule is Cc1c(I)c(N)nn1COCC[Si](C)(C)C. The van der Waals surface area contributed by atoms with E-state index in [1.807, 2.05) is 11.6 Å². The number of ether oxygens (including phenoxy) is 1. The maximum atomic E-state index is 5.73. The number of hydrogen-bond acceptors (Lipinski definition) is 3. The lowest BCUT2D eigenvalue weighted by Crippen LogP contribution is -2.22. The lowest BCUT2D eigenvalue weighted by molar-refractivity contribution is 0.0773. The molecule has 0 aliphatic rings. The molecule has 0 saturated carbocycles. The van der Waals surface area contributed by atoms with Crippen LogP contribution in [0.2, 0.25) is 25.7 Å². The average Bonchev–Trinajstić information content (AvgIpc) is 2.40. The van der Waals surface area contributed by atoms with Gasteiger partial charge in [-0.15, -0.1) is 0 Å². The summed E-state index contributed by atoms with van der Waals surface area (Å²) >= 11 is 2.21. The van der Waals surface area contributed by atoms with E-state index in [2.05, 4.69) is 47.3 Å². The Kier molecular flexibility index (Phi) is 4.81. The van der Waals surface area contributed by atoms with Crippen molar-refractivity contribution in [2.45, 2.75) is 39.3 Å². The van der Waals surface area contributed by atoms with Gasteiger partial charge in [-0.05, 0) is 35.6 Å². The first-order valence-electron chi connectivity index (χ1n) is 5.37. The summed E-state index contributed by atoms with van der Waals surface area (Å²) in [5.41, 5.74) is 6.80. The quantitative estimate of drug-likeness (QED) is 0.503. The molecule has 16 heavy (non-hydrogen) atoms. The molecule has 0 atom stereocenters. The van der Waals surface area contributed by atoms with Crippen molar-refractivity contribution in [2.75, 3.05) is 12.3 Å². The van der Waals surface area contributed by atoms with Crippen LogP contribution in [0.4, 0.5) is 5.82 Å². The fourth-order valence-electron chi connectivity index (χ4n) is 1.20. The molecule has 0 unspecified atom stereocenters. The normalized spacial score (nSPS) is 12.1. The van der Waals surface area contributed by atoms with Crippen molar-refractivity contribution in [3.63, 3.8) is 0 Å². The number of hydrogen-bond donors (Lipinski definition) is 1. The maximum Gasteiger partial charge on any atom is 0.159 e. The molecule has 0 aliphatic carbocycles. The Bertz CT molecular complexity index is 360. The van der Waals surface area contributed by atoms with Gasteiger partial charge >= 0.3 is 0 Å². The Morgan fingerprint density at radius 2 is 2.06 bits per heavy atom. The molecule has 1 aromatic heterocycles. The molecular weight excluding hydrogens is 333 g/mol. The summed E-state index contributed by atoms with van der Waals surface area (Å²) in [6.45, 7) is 10.4. The Morgan fingerprint density at radius 1 is 1.44 bits per heavy atom. The van der Waals surface area contributed by atoms with Crippen molar-refractivity contribution in [2.24, 2.45) is 0 Å². The van der Waals surface area contributed by atoms with E-state index in [0.717, 1.165) is 15.9 Å². The summed E-state index contributed by atoms with van der Waals surface area (Å²) < 4.78 is 8.46. The van der Waals surface area contributed by atoms with Gasteiger partial charge in [0, 0.05) is 14.7 Å². The van der Waals surface area contributed by atoms with Crippen LogP contribution < -0.4 is 5.73 Å². The summed E-state index contributed by atoms with van der Waals surface area (Å²) in [6.07, 6.45) is 0. The Hall–Kier alpha value is -0.0831. The van der Waals surface area contributed by atoms with Gasteiger partial charge in [0.05, 0.1) is 9.26 Å². The highest BCUT2D eigenvalue weighted by Gasteiger charge is 2.13. The lowest BCUT2D eigenvalue weighted by atomic mass is 10.5. The molecule has 1 rings (SSSR count). The predicted octanol–water partition coefficient (Wildman–Crippen LogP) is 2.69. The summed E-state index contributed by atoms with van der Waals surface area (Å²) in [5, 5.41) is 4.22. The van der Waals surface area contributed by atoms with Crippen LogP contribution in [0.25, 0.3) is 0 Å². The van der Waals surface area contributed by atoms with E-state index in [4.69, 9.17) is 10.5 Å². The third-order valence-electron chi connectivity index (χ3n) is 2.37. The molecule has 6 heteroatoms. The van der Waals surface area contributed by atoms with E-state index in [1.165, 1.54) is 6.04 Å². The summed E-state index contributed by atoms with van der Waals surface area (Å²) in [7, 11) is -0.996. The molecule has 1 heterocycles. The van der Waals surface area contributed by atoms with E-state index < -0.39 is 8.07 Å². The smallest absolute Gasteiger partial charge is 0.159 e. The zero-order valence-electron chi connectivity index (χ0n) is 10.4. The van der Waals surface area contributed by atoms with Crippen molar-refractivity contribution < 1.29 is 4.74 Å². The van der Waals surface area contributed by atoms with E-state index in [-0.39, 0.29) is 0 Å². The second kappa shape index (κ2) is 5.50. The van der Waals surface area contributed by atoms with Gasteiger partial charge in [0.25, 0.3) is 0 Å². The number of halogens is 1. The highest BCUT2D eigenvalue weighted by molar-refractivity contribution is 14.1. The van der Waals surface area contributed by atoms with Crippen LogP contribution in [0, 0.1) is 10.5 Å². The minimum absolute atomic E-state index is 0.503. The van der Waals surface area contributed by atoms with Crippen molar-refractivity contribution >= 4 is 36.5 Å². The monoisotopic (exact) mass is 353 g/mol. The Morgan fingerprint density at radius 3 is 2.50 bits per heavy atom. The van der Waals surface area contributed by atoms with Gasteiger partial charge < -0.3 is 10.5 Å². The lowest BCUT2D eigenvalue weighted by Gasteiger charge is -2.15. The second-order valence-electron chi connectivity index (χ2n) is 5.13. The van der Waals surface area contributed by atoms with Crippen LogP contribution in [-0.4, -0.2) is 24.5 Å². The zero-order chi connectivity index (χ0) is 12.3. The first-order chi connectivity index (χ1) is 7.31. The molecule has 0 saturated heterocycles. The van der Waals surface area contributed by atoms with Crippen LogP contribution in [0.5, 0.6) is 0 Å². The van der Waals surface area contributed by atoms with E-state index in [0.29, 0.717) is 12.5 Å². The van der Waals surface area contributed by atoms with Crippen LogP contribution in [-0.2, 0) is 11.5 Å². The Labute approximate surface area is 112 Å². The fraction of sp³-hybridized carbons (Fsp3) is 0.700. The Balaban J connectivity index is 2.41. The third kappa shape index (κ3) is 4.06. The fourth-order valence-corrected chi connectivity index (χ4v) is 2.35. The van der Waals surface area contributed by atoms with Crippen molar-refractivity contribution in [3.05, 3.63) is 9.26 Å². The van der Waals surface area contributed by atoms with Gasteiger partial charge in [0.15, 0.2) is 5.82 Å². The van der Waals surface area contributed by atoms with Crippen LogP contribution in [0.15, 0.2) is 0 Å². The van der Waals surface area contributed by atoms with Gasteiger partial charge in [0.2, 0.25) is 0 Å². The minimum Gasteiger partial charge on any atom is -0.381 e. The van der Waals surface area contributed by atoms with E-state index in [9.17, 15) is 0 Å². The van der Waals surface area contributed by atoms with Crippen molar-refractivity contribution in [3.8, 4) is 0 Å². The topological polar surface area (TPSA) is 53.1 Å². The summed E-state index contributed by atoms with van der Waals surface area (Å²) in [6, 6.07) is 1.18. The maximum absolute atomic E-state index is 5.73. The summed E-state index contributed by atoms with van der Waals surface area (Å²) in [5.74, 6) is 0.590. The molecule has 0 spiro atoms. The molecule has 92 valence electrons. The highest BCUT2D eigenvalue weighted by Crippen LogP contribution is 2.17. The van der Waals surface area contributed by atoms with Crippen LogP contribution >= 0.6 is 22.6 Å². The van der Waals surface area contributed by atoms with Crippen LogP contribution in [0.3, 0.4) is 0 Å². The molecule has 2 N–H and O–H groups in total. The number of nitrogens with two attached hydrogens (primary N) is 1.